The zero-order chi connectivity index (χ0) is 12.8. The fourth-order valence-electron chi connectivity index (χ4n) is 2.14. The van der Waals surface area contributed by atoms with Gasteiger partial charge < -0.3 is 14.6 Å². The standard InChI is InChI=1S/C14H20O3S/c1-16-14-11(5-3-8-15)4-2-6-13(14)17-12-7-9-18-10-12/h2,4,6,12,15H,3,5,7-10H2,1H3. The minimum atomic E-state index is 0.202. The Labute approximate surface area is 112 Å². The third-order valence-corrected chi connectivity index (χ3v) is 4.18. The maximum Gasteiger partial charge on any atom is 0.163 e. The average molecular weight is 268 g/mol. The lowest BCUT2D eigenvalue weighted by Gasteiger charge is -2.17. The van der Waals surface area contributed by atoms with E-state index in [0.717, 1.165) is 42.1 Å². The van der Waals surface area contributed by atoms with E-state index in [2.05, 4.69) is 0 Å². The molecule has 0 bridgehead atoms. The van der Waals surface area contributed by atoms with Crippen molar-refractivity contribution in [2.45, 2.75) is 25.4 Å². The zero-order valence-electron chi connectivity index (χ0n) is 10.7. The number of aryl methyl sites for hydroxylation is 1. The maximum atomic E-state index is 8.92. The van der Waals surface area contributed by atoms with E-state index in [1.54, 1.807) is 7.11 Å². The zero-order valence-corrected chi connectivity index (χ0v) is 11.5. The van der Waals surface area contributed by atoms with Crippen molar-refractivity contribution >= 4 is 11.8 Å². The number of aliphatic hydroxyl groups is 1. The number of para-hydroxylation sites is 1. The summed E-state index contributed by atoms with van der Waals surface area (Å²) in [6.07, 6.45) is 2.97. The number of aliphatic hydroxyl groups excluding tert-OH is 1. The topological polar surface area (TPSA) is 38.7 Å². The number of thioether (sulfide) groups is 1. The van der Waals surface area contributed by atoms with Gasteiger partial charge in [-0.3, -0.25) is 0 Å². The minimum absolute atomic E-state index is 0.202. The number of hydrogen-bond donors (Lipinski definition) is 1. The highest BCUT2D eigenvalue weighted by Gasteiger charge is 2.19. The van der Waals surface area contributed by atoms with Gasteiger partial charge in [-0.1, -0.05) is 12.1 Å². The minimum Gasteiger partial charge on any atom is -0.493 e. The average Bonchev–Trinajstić information content (AvgIpc) is 2.89. The van der Waals surface area contributed by atoms with Gasteiger partial charge in [0.1, 0.15) is 6.10 Å². The lowest BCUT2D eigenvalue weighted by Crippen LogP contribution is -2.15. The number of rotatable bonds is 6. The molecule has 4 heteroatoms. The number of hydrogen-bond acceptors (Lipinski definition) is 4. The molecule has 1 heterocycles. The molecule has 1 aliphatic rings. The van der Waals surface area contributed by atoms with E-state index in [0.29, 0.717) is 6.10 Å². The van der Waals surface area contributed by atoms with Crippen molar-refractivity contribution in [2.75, 3.05) is 25.2 Å². The van der Waals surface area contributed by atoms with Gasteiger partial charge in [0.05, 0.1) is 7.11 Å². The summed E-state index contributed by atoms with van der Waals surface area (Å²) in [7, 11) is 1.67. The first-order chi connectivity index (χ1) is 8.85. The summed E-state index contributed by atoms with van der Waals surface area (Å²) in [4.78, 5) is 0. The Morgan fingerprint density at radius 3 is 3.00 bits per heavy atom. The molecule has 0 saturated carbocycles. The smallest absolute Gasteiger partial charge is 0.163 e. The molecule has 18 heavy (non-hydrogen) atoms. The number of benzene rings is 1. The quantitative estimate of drug-likeness (QED) is 0.860. The second kappa shape index (κ2) is 6.90. The monoisotopic (exact) mass is 268 g/mol. The van der Waals surface area contributed by atoms with Crippen LogP contribution in [0.15, 0.2) is 18.2 Å². The lowest BCUT2D eigenvalue weighted by atomic mass is 10.1. The first kappa shape index (κ1) is 13.6. The molecule has 1 atom stereocenters. The van der Waals surface area contributed by atoms with Crippen molar-refractivity contribution in [3.63, 3.8) is 0 Å². The molecule has 1 unspecified atom stereocenters. The molecule has 0 radical (unpaired) electrons. The third kappa shape index (κ3) is 3.33. The Kier molecular flexibility index (Phi) is 5.20. The maximum absolute atomic E-state index is 8.92. The molecule has 1 saturated heterocycles. The molecule has 1 aromatic rings. The van der Waals surface area contributed by atoms with Crippen molar-refractivity contribution in [3.8, 4) is 11.5 Å². The van der Waals surface area contributed by atoms with Crippen LogP contribution >= 0.6 is 11.8 Å². The molecule has 0 aliphatic carbocycles. The van der Waals surface area contributed by atoms with E-state index in [9.17, 15) is 0 Å². The predicted octanol–water partition coefficient (Wildman–Crippen LogP) is 2.50. The van der Waals surface area contributed by atoms with Crippen LogP contribution in [0.4, 0.5) is 0 Å². The van der Waals surface area contributed by atoms with Crippen molar-refractivity contribution in [1.82, 2.24) is 0 Å². The SMILES string of the molecule is COc1c(CCCO)cccc1OC1CCSC1. The van der Waals surface area contributed by atoms with Crippen LogP contribution in [-0.4, -0.2) is 36.4 Å². The summed E-state index contributed by atoms with van der Waals surface area (Å²) in [5.74, 6) is 3.89. The van der Waals surface area contributed by atoms with E-state index in [4.69, 9.17) is 14.6 Å². The third-order valence-electron chi connectivity index (χ3n) is 3.05. The van der Waals surface area contributed by atoms with E-state index in [1.165, 1.54) is 5.75 Å². The number of methoxy groups -OCH3 is 1. The van der Waals surface area contributed by atoms with Gasteiger partial charge >= 0.3 is 0 Å². The second-order valence-corrected chi connectivity index (χ2v) is 5.53. The van der Waals surface area contributed by atoms with Crippen molar-refractivity contribution in [3.05, 3.63) is 23.8 Å². The van der Waals surface area contributed by atoms with Crippen LogP contribution in [0.5, 0.6) is 11.5 Å². The molecule has 1 fully saturated rings. The van der Waals surface area contributed by atoms with Crippen LogP contribution < -0.4 is 9.47 Å². The van der Waals surface area contributed by atoms with Gasteiger partial charge in [0, 0.05) is 12.4 Å². The van der Waals surface area contributed by atoms with Gasteiger partial charge in [-0.15, -0.1) is 0 Å². The Bertz CT molecular complexity index is 375. The predicted molar refractivity (Wildman–Crippen MR) is 74.8 cm³/mol. The van der Waals surface area contributed by atoms with Crippen LogP contribution in [0.25, 0.3) is 0 Å². The van der Waals surface area contributed by atoms with Gasteiger partial charge in [0.25, 0.3) is 0 Å². The van der Waals surface area contributed by atoms with Crippen molar-refractivity contribution in [1.29, 1.82) is 0 Å². The highest BCUT2D eigenvalue weighted by atomic mass is 32.2. The fourth-order valence-corrected chi connectivity index (χ4v) is 3.23. The van der Waals surface area contributed by atoms with Crippen LogP contribution in [0.1, 0.15) is 18.4 Å². The largest absolute Gasteiger partial charge is 0.493 e. The van der Waals surface area contributed by atoms with Gasteiger partial charge in [-0.25, -0.2) is 0 Å². The van der Waals surface area contributed by atoms with Crippen LogP contribution in [0, 0.1) is 0 Å². The molecule has 0 spiro atoms. The molecular formula is C14H20O3S. The van der Waals surface area contributed by atoms with E-state index in [-0.39, 0.29) is 6.61 Å². The number of ether oxygens (including phenoxy) is 2. The molecular weight excluding hydrogens is 248 g/mol. The van der Waals surface area contributed by atoms with Crippen molar-refractivity contribution < 1.29 is 14.6 Å². The highest BCUT2D eigenvalue weighted by molar-refractivity contribution is 7.99. The first-order valence-electron chi connectivity index (χ1n) is 6.36. The van der Waals surface area contributed by atoms with Crippen molar-refractivity contribution in [2.24, 2.45) is 0 Å². The molecule has 100 valence electrons. The highest BCUT2D eigenvalue weighted by Crippen LogP contribution is 2.34. The van der Waals surface area contributed by atoms with Gasteiger partial charge in [0.2, 0.25) is 0 Å². The molecule has 3 nitrogen and oxygen atoms in total. The molecule has 0 amide bonds. The van der Waals surface area contributed by atoms with Crippen LogP contribution in [0.3, 0.4) is 0 Å². The Hall–Kier alpha value is -0.870. The lowest BCUT2D eigenvalue weighted by molar-refractivity contribution is 0.217. The second-order valence-electron chi connectivity index (χ2n) is 4.38. The summed E-state index contributed by atoms with van der Waals surface area (Å²) in [6.45, 7) is 0.202. The molecule has 1 aliphatic heterocycles. The van der Waals surface area contributed by atoms with Crippen LogP contribution in [-0.2, 0) is 6.42 Å². The molecule has 2 rings (SSSR count). The normalized spacial score (nSPS) is 18.9. The van der Waals surface area contributed by atoms with E-state index >= 15 is 0 Å². The van der Waals surface area contributed by atoms with E-state index < -0.39 is 0 Å². The molecule has 1 aromatic carbocycles. The molecule has 0 aromatic heterocycles. The van der Waals surface area contributed by atoms with Gasteiger partial charge in [-0.2, -0.15) is 11.8 Å². The van der Waals surface area contributed by atoms with Gasteiger partial charge in [0.15, 0.2) is 11.5 Å². The summed E-state index contributed by atoms with van der Waals surface area (Å²) in [5.41, 5.74) is 1.11. The summed E-state index contributed by atoms with van der Waals surface area (Å²) < 4.78 is 11.5. The summed E-state index contributed by atoms with van der Waals surface area (Å²) in [5, 5.41) is 8.92. The fraction of sp³-hybridized carbons (Fsp3) is 0.571. The van der Waals surface area contributed by atoms with E-state index in [1.807, 2.05) is 30.0 Å². The molecule has 1 N–H and O–H groups in total. The summed E-state index contributed by atoms with van der Waals surface area (Å²) >= 11 is 1.93. The Morgan fingerprint density at radius 2 is 2.33 bits per heavy atom. The first-order valence-corrected chi connectivity index (χ1v) is 7.51. The Balaban J connectivity index is 2.12. The van der Waals surface area contributed by atoms with Gasteiger partial charge in [-0.05, 0) is 36.6 Å². The summed E-state index contributed by atoms with van der Waals surface area (Å²) in [6, 6.07) is 5.99. The van der Waals surface area contributed by atoms with Crippen LogP contribution in [0.2, 0.25) is 0 Å². The Morgan fingerprint density at radius 1 is 1.44 bits per heavy atom.